The maximum atomic E-state index is 13.9. The van der Waals surface area contributed by atoms with E-state index in [-0.39, 0.29) is 36.7 Å². The minimum Gasteiger partial charge on any atom is -0.392 e. The van der Waals surface area contributed by atoms with Crippen LogP contribution in [0.1, 0.15) is 52.2 Å². The largest absolute Gasteiger partial charge is 0.392 e. The first-order valence-corrected chi connectivity index (χ1v) is 22.5. The predicted octanol–water partition coefficient (Wildman–Crippen LogP) is 6.52. The van der Waals surface area contributed by atoms with Gasteiger partial charge in [0.05, 0.1) is 23.7 Å². The number of aliphatic hydroxyl groups is 1. The second-order valence-electron chi connectivity index (χ2n) is 15.9. The Bertz CT molecular complexity index is 2490. The van der Waals surface area contributed by atoms with Gasteiger partial charge in [-0.25, -0.2) is 18.4 Å². The molecule has 5 aromatic carbocycles. The van der Waals surface area contributed by atoms with E-state index in [9.17, 15) is 18.3 Å². The SMILES string of the molecule is Cc1ccc(S(=O)(=O)NC(Cc2ccccc2)C(=O)NCc2ccccc2-c2ccc(C3OC(CN4CCN(c5ncccn5)CC4)CC(c4ccc(CO)cc4)O3)cc2)cc1. The highest BCUT2D eigenvalue weighted by molar-refractivity contribution is 7.89. The molecule has 2 saturated heterocycles. The van der Waals surface area contributed by atoms with E-state index >= 15 is 0 Å². The number of aliphatic hydroxyl groups excluding tert-OH is 1. The fourth-order valence-electron chi connectivity index (χ4n) is 8.00. The van der Waals surface area contributed by atoms with E-state index in [2.05, 4.69) is 29.8 Å². The van der Waals surface area contributed by atoms with Crippen molar-refractivity contribution in [3.63, 3.8) is 0 Å². The second kappa shape index (κ2) is 19.9. The van der Waals surface area contributed by atoms with Gasteiger partial charge < -0.3 is 24.8 Å². The smallest absolute Gasteiger partial charge is 0.241 e. The zero-order valence-corrected chi connectivity index (χ0v) is 35.5. The van der Waals surface area contributed by atoms with E-state index in [1.807, 2.05) is 116 Å². The normalized spacial score (nSPS) is 18.9. The van der Waals surface area contributed by atoms with Gasteiger partial charge in [-0.05, 0) is 64.9 Å². The van der Waals surface area contributed by atoms with Crippen LogP contribution in [0.2, 0.25) is 0 Å². The highest BCUT2D eigenvalue weighted by Crippen LogP contribution is 2.39. The number of nitrogens with zero attached hydrogens (tertiary/aromatic N) is 4. The van der Waals surface area contributed by atoms with Crippen LogP contribution in [0.4, 0.5) is 5.95 Å². The maximum absolute atomic E-state index is 13.9. The van der Waals surface area contributed by atoms with Crippen LogP contribution >= 0.6 is 0 Å². The molecule has 0 saturated carbocycles. The van der Waals surface area contributed by atoms with Gasteiger partial charge in [0.25, 0.3) is 0 Å². The Labute approximate surface area is 363 Å². The lowest BCUT2D eigenvalue weighted by Crippen LogP contribution is -2.50. The van der Waals surface area contributed by atoms with Crippen LogP contribution in [0, 0.1) is 6.92 Å². The van der Waals surface area contributed by atoms with Crippen LogP contribution in [0.3, 0.4) is 0 Å². The van der Waals surface area contributed by atoms with Crippen LogP contribution in [-0.4, -0.2) is 79.2 Å². The molecule has 0 spiro atoms. The minimum absolute atomic E-state index is 0.0210. The van der Waals surface area contributed by atoms with Crippen molar-refractivity contribution in [3.05, 3.63) is 179 Å². The van der Waals surface area contributed by atoms with Gasteiger partial charge in [0.1, 0.15) is 6.04 Å². The molecule has 2 fully saturated rings. The first-order chi connectivity index (χ1) is 30.2. The number of hydrogen-bond donors (Lipinski definition) is 3. The number of ether oxygens (including phenoxy) is 2. The average Bonchev–Trinajstić information content (AvgIpc) is 3.31. The van der Waals surface area contributed by atoms with Crippen molar-refractivity contribution < 1.29 is 27.8 Å². The molecule has 1 amide bonds. The molecule has 1 aromatic heterocycles. The first kappa shape index (κ1) is 42.9. The van der Waals surface area contributed by atoms with Crippen molar-refractivity contribution in [2.45, 2.75) is 62.4 Å². The molecule has 62 heavy (non-hydrogen) atoms. The molecular weight excluding hydrogens is 801 g/mol. The molecule has 0 radical (unpaired) electrons. The van der Waals surface area contributed by atoms with Crippen LogP contribution < -0.4 is 14.9 Å². The molecule has 2 aliphatic heterocycles. The summed E-state index contributed by atoms with van der Waals surface area (Å²) in [6.07, 6.45) is 3.52. The molecule has 3 N–H and O–H groups in total. The summed E-state index contributed by atoms with van der Waals surface area (Å²) in [6.45, 7) is 6.20. The highest BCUT2D eigenvalue weighted by atomic mass is 32.2. The Morgan fingerprint density at radius 3 is 2.16 bits per heavy atom. The number of benzene rings is 5. The fraction of sp³-hybridized carbons (Fsp3) is 0.286. The molecule has 13 heteroatoms. The monoisotopic (exact) mass is 852 g/mol. The summed E-state index contributed by atoms with van der Waals surface area (Å²) >= 11 is 0. The summed E-state index contributed by atoms with van der Waals surface area (Å²) in [5, 5.41) is 12.7. The standard InChI is InChI=1S/C49H52N6O6S/c1-35-12-22-43(23-13-35)62(58,59)53-45(30-36-8-3-2-4-9-36)47(57)52-32-41-10-5-6-11-44(41)38-18-20-40(21-19-38)48-60-42(31-46(61-48)39-16-14-37(34-56)15-17-39)33-54-26-28-55(29-27-54)49-50-24-7-25-51-49/h2-25,42,45-46,48,53,56H,26-34H2,1H3,(H,52,57). The minimum atomic E-state index is -3.98. The lowest BCUT2D eigenvalue weighted by Gasteiger charge is -2.40. The van der Waals surface area contributed by atoms with Gasteiger partial charge in [-0.2, -0.15) is 4.72 Å². The van der Waals surface area contributed by atoms with E-state index < -0.39 is 28.3 Å². The van der Waals surface area contributed by atoms with E-state index in [1.165, 1.54) is 0 Å². The predicted molar refractivity (Wildman–Crippen MR) is 238 cm³/mol. The van der Waals surface area contributed by atoms with Gasteiger partial charge in [-0.15, -0.1) is 0 Å². The Morgan fingerprint density at radius 1 is 0.774 bits per heavy atom. The number of rotatable bonds is 15. The number of anilines is 1. The number of hydrogen-bond acceptors (Lipinski definition) is 10. The van der Waals surface area contributed by atoms with Crippen molar-refractivity contribution in [1.29, 1.82) is 0 Å². The van der Waals surface area contributed by atoms with Crippen LogP contribution in [0.15, 0.2) is 151 Å². The Kier molecular flexibility index (Phi) is 13.8. The molecule has 4 unspecified atom stereocenters. The van der Waals surface area contributed by atoms with Gasteiger partial charge in [0, 0.05) is 63.6 Å². The molecule has 8 rings (SSSR count). The summed E-state index contributed by atoms with van der Waals surface area (Å²) in [5.41, 5.74) is 7.30. The van der Waals surface area contributed by atoms with Gasteiger partial charge in [0.15, 0.2) is 6.29 Å². The van der Waals surface area contributed by atoms with E-state index in [4.69, 9.17) is 9.47 Å². The molecule has 0 bridgehead atoms. The average molecular weight is 853 g/mol. The molecule has 3 heterocycles. The number of carbonyl (C=O) groups excluding carboxylic acids is 1. The van der Waals surface area contributed by atoms with Gasteiger partial charge in [0.2, 0.25) is 21.9 Å². The topological polar surface area (TPSA) is 146 Å². The lowest BCUT2D eigenvalue weighted by atomic mass is 9.97. The number of nitrogens with one attached hydrogen (secondary N) is 2. The molecule has 4 atom stereocenters. The van der Waals surface area contributed by atoms with E-state index in [0.717, 1.165) is 83.2 Å². The summed E-state index contributed by atoms with van der Waals surface area (Å²) in [5.74, 6) is 0.326. The highest BCUT2D eigenvalue weighted by Gasteiger charge is 2.34. The fourth-order valence-corrected chi connectivity index (χ4v) is 9.19. The molecule has 12 nitrogen and oxygen atoms in total. The van der Waals surface area contributed by atoms with Crippen LogP contribution in [0.25, 0.3) is 11.1 Å². The van der Waals surface area contributed by atoms with Crippen LogP contribution in [-0.2, 0) is 43.9 Å². The van der Waals surface area contributed by atoms with Gasteiger partial charge >= 0.3 is 0 Å². The number of aromatic nitrogens is 2. The van der Waals surface area contributed by atoms with Crippen molar-refractivity contribution in [3.8, 4) is 11.1 Å². The van der Waals surface area contributed by atoms with Crippen molar-refractivity contribution in [1.82, 2.24) is 24.9 Å². The lowest BCUT2D eigenvalue weighted by molar-refractivity contribution is -0.253. The summed E-state index contributed by atoms with van der Waals surface area (Å²) < 4.78 is 43.0. The number of carbonyl (C=O) groups is 1. The van der Waals surface area contributed by atoms with E-state index in [0.29, 0.717) is 6.42 Å². The molecule has 2 aliphatic rings. The third-order valence-corrected chi connectivity index (χ3v) is 13.0. The molecule has 0 aliphatic carbocycles. The molecule has 6 aromatic rings. The van der Waals surface area contributed by atoms with E-state index in [1.54, 1.807) is 36.7 Å². The third kappa shape index (κ3) is 10.8. The van der Waals surface area contributed by atoms with Crippen molar-refractivity contribution >= 4 is 21.9 Å². The van der Waals surface area contributed by atoms with Crippen LogP contribution in [0.5, 0.6) is 0 Å². The third-order valence-electron chi connectivity index (χ3n) is 11.5. The Morgan fingerprint density at radius 2 is 1.45 bits per heavy atom. The summed E-state index contributed by atoms with van der Waals surface area (Å²) in [4.78, 5) is 27.5. The van der Waals surface area contributed by atoms with Crippen molar-refractivity contribution in [2.24, 2.45) is 0 Å². The summed E-state index contributed by atoms with van der Waals surface area (Å²) in [6, 6.07) is 40.6. The Hall–Kier alpha value is -5.80. The summed E-state index contributed by atoms with van der Waals surface area (Å²) in [7, 11) is -3.98. The van der Waals surface area contributed by atoms with Crippen molar-refractivity contribution in [2.75, 3.05) is 37.6 Å². The van der Waals surface area contributed by atoms with Gasteiger partial charge in [-0.1, -0.05) is 121 Å². The zero-order valence-electron chi connectivity index (χ0n) is 34.7. The quantitative estimate of drug-likeness (QED) is 0.104. The second-order valence-corrected chi connectivity index (χ2v) is 17.6. The number of piperazine rings is 1. The Balaban J connectivity index is 0.960. The maximum Gasteiger partial charge on any atom is 0.241 e. The first-order valence-electron chi connectivity index (χ1n) is 21.0. The number of sulfonamides is 1. The van der Waals surface area contributed by atoms with Gasteiger partial charge in [-0.3, -0.25) is 9.69 Å². The number of amides is 1. The molecular formula is C49H52N6O6S. The zero-order chi connectivity index (χ0) is 42.9. The molecule has 320 valence electrons. The number of aryl methyl sites for hydroxylation is 1.